The minimum absolute atomic E-state index is 0.237. The zero-order chi connectivity index (χ0) is 13.9. The third kappa shape index (κ3) is 2.42. The highest BCUT2D eigenvalue weighted by Crippen LogP contribution is 2.27. The molecule has 1 aromatic carbocycles. The standard InChI is InChI=1S/C14H16N4O2/c1-2-11-15-14(18-17-11)16-13(19)12-10-6-4-3-5-9(10)7-8-20-12/h3-6,12H,2,7-8H2,1H3,(H2,15,16,17,18,19)/t12-/m1/s1. The van der Waals surface area contributed by atoms with Crippen LogP contribution in [0.5, 0.6) is 0 Å². The van der Waals surface area contributed by atoms with Crippen LogP contribution in [0.15, 0.2) is 24.3 Å². The van der Waals surface area contributed by atoms with Crippen LogP contribution in [0.25, 0.3) is 0 Å². The van der Waals surface area contributed by atoms with Crippen LogP contribution < -0.4 is 5.32 Å². The second-order valence-electron chi connectivity index (χ2n) is 4.65. The minimum Gasteiger partial charge on any atom is -0.363 e. The van der Waals surface area contributed by atoms with E-state index >= 15 is 0 Å². The number of carbonyl (C=O) groups is 1. The van der Waals surface area contributed by atoms with Gasteiger partial charge in [0.15, 0.2) is 6.10 Å². The van der Waals surface area contributed by atoms with Gasteiger partial charge >= 0.3 is 0 Å². The average molecular weight is 272 g/mol. The number of aromatic nitrogens is 3. The Hall–Kier alpha value is -2.21. The summed E-state index contributed by atoms with van der Waals surface area (Å²) >= 11 is 0. The highest BCUT2D eigenvalue weighted by molar-refractivity contribution is 5.93. The average Bonchev–Trinajstić information content (AvgIpc) is 2.94. The van der Waals surface area contributed by atoms with Gasteiger partial charge in [0.25, 0.3) is 5.91 Å². The number of aryl methyl sites for hydroxylation is 1. The third-order valence-electron chi connectivity index (χ3n) is 3.33. The molecule has 0 spiro atoms. The van der Waals surface area contributed by atoms with Crippen LogP contribution in [0.4, 0.5) is 5.95 Å². The normalized spacial score (nSPS) is 17.6. The van der Waals surface area contributed by atoms with Crippen molar-refractivity contribution in [2.75, 3.05) is 11.9 Å². The third-order valence-corrected chi connectivity index (χ3v) is 3.33. The molecular formula is C14H16N4O2. The molecule has 0 aliphatic carbocycles. The molecule has 104 valence electrons. The number of hydrogen-bond acceptors (Lipinski definition) is 4. The number of amides is 1. The summed E-state index contributed by atoms with van der Waals surface area (Å²) in [5, 5.41) is 9.41. The van der Waals surface area contributed by atoms with Gasteiger partial charge in [0.05, 0.1) is 6.61 Å². The number of benzene rings is 1. The fraction of sp³-hybridized carbons (Fsp3) is 0.357. The van der Waals surface area contributed by atoms with E-state index in [4.69, 9.17) is 4.74 Å². The first-order chi connectivity index (χ1) is 9.78. The van der Waals surface area contributed by atoms with Gasteiger partial charge in [-0.25, -0.2) is 0 Å². The van der Waals surface area contributed by atoms with Crippen molar-refractivity contribution in [3.63, 3.8) is 0 Å². The van der Waals surface area contributed by atoms with Gasteiger partial charge in [0, 0.05) is 6.42 Å². The molecule has 1 amide bonds. The number of aromatic amines is 1. The number of nitrogens with zero attached hydrogens (tertiary/aromatic N) is 2. The largest absolute Gasteiger partial charge is 0.363 e. The van der Waals surface area contributed by atoms with Crippen LogP contribution in [0.3, 0.4) is 0 Å². The number of nitrogens with one attached hydrogen (secondary N) is 2. The van der Waals surface area contributed by atoms with Crippen LogP contribution in [-0.4, -0.2) is 27.7 Å². The Labute approximate surface area is 116 Å². The molecule has 0 saturated heterocycles. The lowest BCUT2D eigenvalue weighted by Gasteiger charge is -2.24. The second kappa shape index (κ2) is 5.42. The Bertz CT molecular complexity index is 623. The topological polar surface area (TPSA) is 79.9 Å². The molecule has 0 fully saturated rings. The quantitative estimate of drug-likeness (QED) is 0.889. The molecule has 1 atom stereocenters. The number of fused-ring (bicyclic) bond motifs is 1. The van der Waals surface area contributed by atoms with E-state index in [1.54, 1.807) is 0 Å². The maximum atomic E-state index is 12.3. The first-order valence-corrected chi connectivity index (χ1v) is 6.69. The molecule has 0 saturated carbocycles. The van der Waals surface area contributed by atoms with Crippen LogP contribution in [-0.2, 0) is 22.4 Å². The van der Waals surface area contributed by atoms with E-state index in [-0.39, 0.29) is 5.91 Å². The van der Waals surface area contributed by atoms with Crippen molar-refractivity contribution < 1.29 is 9.53 Å². The van der Waals surface area contributed by atoms with Crippen LogP contribution in [0.2, 0.25) is 0 Å². The number of rotatable bonds is 3. The van der Waals surface area contributed by atoms with Gasteiger partial charge in [0.2, 0.25) is 5.95 Å². The van der Waals surface area contributed by atoms with E-state index in [1.165, 1.54) is 0 Å². The number of anilines is 1. The zero-order valence-corrected chi connectivity index (χ0v) is 11.2. The monoisotopic (exact) mass is 272 g/mol. The summed E-state index contributed by atoms with van der Waals surface area (Å²) in [6.07, 6.45) is 0.982. The van der Waals surface area contributed by atoms with Crippen molar-refractivity contribution in [3.05, 3.63) is 41.2 Å². The molecule has 0 radical (unpaired) electrons. The van der Waals surface area contributed by atoms with Crippen molar-refractivity contribution in [1.82, 2.24) is 15.2 Å². The number of ether oxygens (including phenoxy) is 1. The molecule has 20 heavy (non-hydrogen) atoms. The lowest BCUT2D eigenvalue weighted by Crippen LogP contribution is -2.28. The Kier molecular flexibility index (Phi) is 3.47. The van der Waals surface area contributed by atoms with Crippen LogP contribution in [0.1, 0.15) is 30.0 Å². The van der Waals surface area contributed by atoms with Gasteiger partial charge < -0.3 is 4.74 Å². The van der Waals surface area contributed by atoms with Crippen LogP contribution in [0, 0.1) is 0 Å². The number of carbonyl (C=O) groups excluding carboxylic acids is 1. The summed E-state index contributed by atoms with van der Waals surface area (Å²) < 4.78 is 5.59. The Balaban J connectivity index is 1.78. The number of H-pyrrole nitrogens is 1. The molecule has 1 aliphatic rings. The predicted octanol–water partition coefficient (Wildman–Crippen LogP) is 1.62. The fourth-order valence-corrected chi connectivity index (χ4v) is 2.30. The number of hydrogen-bond donors (Lipinski definition) is 2. The van der Waals surface area contributed by atoms with E-state index < -0.39 is 6.10 Å². The molecule has 2 heterocycles. The molecular weight excluding hydrogens is 256 g/mol. The van der Waals surface area contributed by atoms with E-state index in [1.807, 2.05) is 31.2 Å². The van der Waals surface area contributed by atoms with Crippen molar-refractivity contribution in [1.29, 1.82) is 0 Å². The van der Waals surface area contributed by atoms with Crippen molar-refractivity contribution >= 4 is 11.9 Å². The smallest absolute Gasteiger partial charge is 0.260 e. The summed E-state index contributed by atoms with van der Waals surface area (Å²) in [5.41, 5.74) is 2.07. The maximum Gasteiger partial charge on any atom is 0.260 e. The van der Waals surface area contributed by atoms with Gasteiger partial charge in [-0.15, -0.1) is 5.10 Å². The van der Waals surface area contributed by atoms with Gasteiger partial charge in [-0.1, -0.05) is 31.2 Å². The van der Waals surface area contributed by atoms with Gasteiger partial charge in [-0.05, 0) is 17.5 Å². The predicted molar refractivity (Wildman–Crippen MR) is 73.2 cm³/mol. The second-order valence-corrected chi connectivity index (χ2v) is 4.65. The fourth-order valence-electron chi connectivity index (χ4n) is 2.30. The van der Waals surface area contributed by atoms with Gasteiger partial charge in [-0.2, -0.15) is 4.98 Å². The molecule has 1 aromatic heterocycles. The van der Waals surface area contributed by atoms with Gasteiger partial charge in [0.1, 0.15) is 5.82 Å². The van der Waals surface area contributed by atoms with Crippen molar-refractivity contribution in [3.8, 4) is 0 Å². The molecule has 6 heteroatoms. The first kappa shape index (κ1) is 12.8. The van der Waals surface area contributed by atoms with Crippen molar-refractivity contribution in [2.45, 2.75) is 25.9 Å². The summed E-state index contributed by atoms with van der Waals surface area (Å²) in [7, 11) is 0. The molecule has 2 N–H and O–H groups in total. The van der Waals surface area contributed by atoms with E-state index in [2.05, 4.69) is 20.5 Å². The summed E-state index contributed by atoms with van der Waals surface area (Å²) in [5.74, 6) is 0.794. The highest BCUT2D eigenvalue weighted by atomic mass is 16.5. The maximum absolute atomic E-state index is 12.3. The lowest BCUT2D eigenvalue weighted by atomic mass is 9.97. The van der Waals surface area contributed by atoms with Gasteiger partial charge in [-0.3, -0.25) is 15.2 Å². The molecule has 1 aliphatic heterocycles. The van der Waals surface area contributed by atoms with Crippen LogP contribution >= 0.6 is 0 Å². The molecule has 2 aromatic rings. The lowest BCUT2D eigenvalue weighted by molar-refractivity contribution is -0.128. The highest BCUT2D eigenvalue weighted by Gasteiger charge is 2.27. The van der Waals surface area contributed by atoms with E-state index in [9.17, 15) is 4.79 Å². The summed E-state index contributed by atoms with van der Waals surface area (Å²) in [6, 6.07) is 7.84. The Morgan fingerprint density at radius 1 is 1.50 bits per heavy atom. The van der Waals surface area contributed by atoms with E-state index in [0.717, 1.165) is 29.8 Å². The molecule has 0 bridgehead atoms. The van der Waals surface area contributed by atoms with E-state index in [0.29, 0.717) is 12.6 Å². The zero-order valence-electron chi connectivity index (χ0n) is 11.2. The molecule has 6 nitrogen and oxygen atoms in total. The first-order valence-electron chi connectivity index (χ1n) is 6.69. The summed E-state index contributed by atoms with van der Waals surface area (Å²) in [4.78, 5) is 16.5. The molecule has 0 unspecified atom stereocenters. The Morgan fingerprint density at radius 2 is 2.35 bits per heavy atom. The molecule has 3 rings (SSSR count). The van der Waals surface area contributed by atoms with Crippen molar-refractivity contribution in [2.24, 2.45) is 0 Å². The summed E-state index contributed by atoms with van der Waals surface area (Å²) in [6.45, 7) is 2.51. The SMILES string of the molecule is CCc1nc(NC(=O)[C@@H]2OCCc3ccccc32)n[nH]1. The minimum atomic E-state index is -0.594. The Morgan fingerprint density at radius 3 is 3.15 bits per heavy atom.